The summed E-state index contributed by atoms with van der Waals surface area (Å²) in [4.78, 5) is 26.4. The second kappa shape index (κ2) is 10.0. The van der Waals surface area contributed by atoms with Crippen LogP contribution in [0.1, 0.15) is 11.1 Å². The zero-order valence-electron chi connectivity index (χ0n) is 16.2. The van der Waals surface area contributed by atoms with Crippen molar-refractivity contribution < 1.29 is 19.1 Å². The predicted molar refractivity (Wildman–Crippen MR) is 124 cm³/mol. The molecule has 0 bridgehead atoms. The lowest BCUT2D eigenvalue weighted by atomic mass is 10.2. The van der Waals surface area contributed by atoms with Crippen molar-refractivity contribution in [1.29, 1.82) is 0 Å². The molecule has 0 atom stereocenters. The summed E-state index contributed by atoms with van der Waals surface area (Å²) in [6.07, 6.45) is 6.43. The Kier molecular flexibility index (Phi) is 7.21. The minimum atomic E-state index is -0.483. The smallest absolute Gasteiger partial charge is 0.336 e. The Morgan fingerprint density at radius 1 is 1.10 bits per heavy atom. The number of hydrogen-bond donors (Lipinski definition) is 0. The maximum atomic E-state index is 12.4. The van der Waals surface area contributed by atoms with E-state index >= 15 is 0 Å². The Balaban J connectivity index is 1.61. The molecule has 0 N–H and O–H groups in total. The number of nitrogens with zero attached hydrogens (tertiary/aromatic N) is 1. The van der Waals surface area contributed by atoms with Crippen molar-refractivity contribution in [2.75, 3.05) is 13.7 Å². The lowest BCUT2D eigenvalue weighted by Gasteiger charge is -2.10. The van der Waals surface area contributed by atoms with Gasteiger partial charge in [-0.3, -0.25) is 9.69 Å². The zero-order valence-corrected chi connectivity index (χ0v) is 17.9. The summed E-state index contributed by atoms with van der Waals surface area (Å²) in [6, 6.07) is 14.2. The Morgan fingerprint density at radius 3 is 2.37 bits per heavy atom. The summed E-state index contributed by atoms with van der Waals surface area (Å²) < 4.78 is 10.9. The number of thioether (sulfide) groups is 1. The normalized spacial score (nSPS) is 15.1. The van der Waals surface area contributed by atoms with Crippen LogP contribution in [0.4, 0.5) is 0 Å². The van der Waals surface area contributed by atoms with Gasteiger partial charge in [-0.05, 0) is 47.5 Å². The van der Waals surface area contributed by atoms with Gasteiger partial charge in [-0.1, -0.05) is 54.3 Å². The highest BCUT2D eigenvalue weighted by Gasteiger charge is 2.30. The molecule has 3 rings (SSSR count). The number of benzene rings is 2. The van der Waals surface area contributed by atoms with Crippen molar-refractivity contribution in [1.82, 2.24) is 4.90 Å². The fourth-order valence-corrected chi connectivity index (χ4v) is 3.87. The third-order valence-corrected chi connectivity index (χ3v) is 5.49. The van der Waals surface area contributed by atoms with Gasteiger partial charge in [0.2, 0.25) is 0 Å². The standard InChI is InChI=1S/C23H19NO4S2/c1-3-14-24-22(26)20(30-23(24)29)15-17-6-11-19(12-7-17)28-21(25)13-8-16-4-9-18(27-2)10-5-16/h3-13,15H,1,14H2,2H3/b13-8+,20-15+. The summed E-state index contributed by atoms with van der Waals surface area (Å²) in [5, 5.41) is 0. The van der Waals surface area contributed by atoms with Crippen LogP contribution in [-0.4, -0.2) is 34.8 Å². The maximum absolute atomic E-state index is 12.4. The summed E-state index contributed by atoms with van der Waals surface area (Å²) >= 11 is 6.48. The summed E-state index contributed by atoms with van der Waals surface area (Å²) in [5.41, 5.74) is 1.67. The van der Waals surface area contributed by atoms with Gasteiger partial charge in [0, 0.05) is 12.6 Å². The summed E-state index contributed by atoms with van der Waals surface area (Å²) in [7, 11) is 1.60. The molecular formula is C23H19NO4S2. The van der Waals surface area contributed by atoms with Crippen LogP contribution in [0.15, 0.2) is 72.2 Å². The molecule has 0 unspecified atom stereocenters. The van der Waals surface area contributed by atoms with Crippen LogP contribution in [-0.2, 0) is 9.59 Å². The van der Waals surface area contributed by atoms with Crippen LogP contribution in [0, 0.1) is 0 Å². The van der Waals surface area contributed by atoms with Gasteiger partial charge in [0.05, 0.1) is 12.0 Å². The molecule has 0 spiro atoms. The Hall–Kier alpha value is -3.16. The molecule has 5 nitrogen and oxygen atoms in total. The van der Waals surface area contributed by atoms with Crippen molar-refractivity contribution in [2.45, 2.75) is 0 Å². The largest absolute Gasteiger partial charge is 0.497 e. The van der Waals surface area contributed by atoms with Gasteiger partial charge in [-0.25, -0.2) is 4.79 Å². The van der Waals surface area contributed by atoms with Gasteiger partial charge in [0.15, 0.2) is 0 Å². The Labute approximate surface area is 184 Å². The van der Waals surface area contributed by atoms with Crippen LogP contribution in [0.5, 0.6) is 11.5 Å². The molecule has 1 amide bonds. The molecule has 1 aliphatic heterocycles. The van der Waals surface area contributed by atoms with E-state index in [9.17, 15) is 9.59 Å². The van der Waals surface area contributed by atoms with E-state index < -0.39 is 5.97 Å². The van der Waals surface area contributed by atoms with Gasteiger partial charge in [-0.2, -0.15) is 0 Å². The second-order valence-electron chi connectivity index (χ2n) is 6.18. The first-order valence-corrected chi connectivity index (χ1v) is 10.2. The number of carbonyl (C=O) groups is 2. The SMILES string of the molecule is C=CCN1C(=O)/C(=C\c2ccc(OC(=O)/C=C/c3ccc(OC)cc3)cc2)SC1=S. The molecule has 0 radical (unpaired) electrons. The third-order valence-electron chi connectivity index (χ3n) is 4.11. The molecule has 2 aromatic carbocycles. The Morgan fingerprint density at radius 2 is 1.73 bits per heavy atom. The van der Waals surface area contributed by atoms with Crippen molar-refractivity contribution in [3.05, 3.63) is 83.3 Å². The number of carbonyl (C=O) groups excluding carboxylic acids is 2. The zero-order chi connectivity index (χ0) is 21.5. The predicted octanol–water partition coefficient (Wildman–Crippen LogP) is 4.70. The quantitative estimate of drug-likeness (QED) is 0.206. The molecule has 0 aromatic heterocycles. The molecule has 1 fully saturated rings. The molecule has 7 heteroatoms. The van der Waals surface area contributed by atoms with E-state index in [0.717, 1.165) is 16.9 Å². The molecule has 30 heavy (non-hydrogen) atoms. The monoisotopic (exact) mass is 437 g/mol. The van der Waals surface area contributed by atoms with E-state index in [1.165, 1.54) is 22.7 Å². The number of thiocarbonyl (C=S) groups is 1. The van der Waals surface area contributed by atoms with Gasteiger partial charge in [-0.15, -0.1) is 6.58 Å². The summed E-state index contributed by atoms with van der Waals surface area (Å²) in [6.45, 7) is 4.03. The van der Waals surface area contributed by atoms with Crippen molar-refractivity contribution in [3.63, 3.8) is 0 Å². The number of hydrogen-bond acceptors (Lipinski definition) is 6. The number of methoxy groups -OCH3 is 1. The highest BCUT2D eigenvalue weighted by molar-refractivity contribution is 8.26. The summed E-state index contributed by atoms with van der Waals surface area (Å²) in [5.74, 6) is 0.543. The molecule has 0 saturated carbocycles. The van der Waals surface area contributed by atoms with E-state index in [-0.39, 0.29) is 5.91 Å². The van der Waals surface area contributed by atoms with E-state index in [1.54, 1.807) is 49.6 Å². The van der Waals surface area contributed by atoms with Crippen molar-refractivity contribution in [2.24, 2.45) is 0 Å². The molecule has 1 saturated heterocycles. The maximum Gasteiger partial charge on any atom is 0.336 e. The number of amides is 1. The first kappa shape index (κ1) is 21.5. The van der Waals surface area contributed by atoms with Crippen LogP contribution in [0.25, 0.3) is 12.2 Å². The van der Waals surface area contributed by atoms with Crippen LogP contribution in [0.3, 0.4) is 0 Å². The average molecular weight is 438 g/mol. The van der Waals surface area contributed by atoms with E-state index in [2.05, 4.69) is 6.58 Å². The van der Waals surface area contributed by atoms with Gasteiger partial charge < -0.3 is 9.47 Å². The first-order valence-electron chi connectivity index (χ1n) is 9.00. The van der Waals surface area contributed by atoms with Gasteiger partial charge in [0.25, 0.3) is 5.91 Å². The molecule has 1 aliphatic rings. The van der Waals surface area contributed by atoms with Crippen molar-refractivity contribution in [3.8, 4) is 11.5 Å². The molecule has 2 aromatic rings. The molecular weight excluding hydrogens is 418 g/mol. The average Bonchev–Trinajstić information content (AvgIpc) is 3.01. The minimum absolute atomic E-state index is 0.135. The van der Waals surface area contributed by atoms with E-state index in [1.807, 2.05) is 24.3 Å². The van der Waals surface area contributed by atoms with Gasteiger partial charge >= 0.3 is 5.97 Å². The van der Waals surface area contributed by atoms with Crippen LogP contribution in [0.2, 0.25) is 0 Å². The fourth-order valence-electron chi connectivity index (χ4n) is 2.60. The third kappa shape index (κ3) is 5.46. The number of ether oxygens (including phenoxy) is 2. The first-order chi connectivity index (χ1) is 14.5. The van der Waals surface area contributed by atoms with Gasteiger partial charge in [0.1, 0.15) is 15.8 Å². The molecule has 152 valence electrons. The van der Waals surface area contributed by atoms with Crippen LogP contribution >= 0.6 is 24.0 Å². The topological polar surface area (TPSA) is 55.8 Å². The van der Waals surface area contributed by atoms with E-state index in [0.29, 0.717) is 21.5 Å². The lowest BCUT2D eigenvalue weighted by Crippen LogP contribution is -2.27. The fraction of sp³-hybridized carbons (Fsp3) is 0.0870. The van der Waals surface area contributed by atoms with E-state index in [4.69, 9.17) is 21.7 Å². The number of rotatable bonds is 7. The molecule has 0 aliphatic carbocycles. The van der Waals surface area contributed by atoms with Crippen molar-refractivity contribution >= 4 is 52.3 Å². The van der Waals surface area contributed by atoms with Crippen LogP contribution < -0.4 is 9.47 Å². The second-order valence-corrected chi connectivity index (χ2v) is 7.85. The molecule has 1 heterocycles. The highest BCUT2D eigenvalue weighted by atomic mass is 32.2. The lowest BCUT2D eigenvalue weighted by molar-refractivity contribution is -0.129. The minimum Gasteiger partial charge on any atom is -0.497 e. The number of esters is 1. The highest BCUT2D eigenvalue weighted by Crippen LogP contribution is 2.32. The Bertz CT molecular complexity index is 1020.